The third-order valence-electron chi connectivity index (χ3n) is 4.59. The third-order valence-corrected chi connectivity index (χ3v) is 4.59. The topological polar surface area (TPSA) is 50.2 Å². The zero-order chi connectivity index (χ0) is 17.0. The van der Waals surface area contributed by atoms with Crippen LogP contribution in [0.15, 0.2) is 42.7 Å². The molecule has 0 atom stereocenters. The van der Waals surface area contributed by atoms with Crippen molar-refractivity contribution in [3.05, 3.63) is 54.1 Å². The Bertz CT molecular complexity index is 678. The molecule has 2 amide bonds. The molecule has 1 saturated heterocycles. The lowest BCUT2D eigenvalue weighted by atomic mass is 9.93. The minimum Gasteiger partial charge on any atom is -0.338 e. The van der Waals surface area contributed by atoms with Crippen LogP contribution in [0.5, 0.6) is 0 Å². The van der Waals surface area contributed by atoms with Gasteiger partial charge in [0.05, 0.1) is 0 Å². The zero-order valence-corrected chi connectivity index (χ0v) is 14.5. The van der Waals surface area contributed by atoms with Gasteiger partial charge in [0.25, 0.3) is 0 Å². The maximum Gasteiger partial charge on any atom is 0.317 e. The van der Waals surface area contributed by atoms with E-state index in [-0.39, 0.29) is 11.4 Å². The zero-order valence-electron chi connectivity index (χ0n) is 14.5. The van der Waals surface area contributed by atoms with Gasteiger partial charge in [0.15, 0.2) is 0 Å². The van der Waals surface area contributed by atoms with Gasteiger partial charge in [0, 0.05) is 45.0 Å². The minimum atomic E-state index is 0.0433. The quantitative estimate of drug-likeness (QED) is 0.918. The van der Waals surface area contributed by atoms with Gasteiger partial charge >= 0.3 is 6.03 Å². The highest BCUT2D eigenvalue weighted by Gasteiger charge is 2.31. The monoisotopic (exact) mass is 326 g/mol. The fraction of sp³-hybridized carbons (Fsp3) is 0.474. The van der Waals surface area contributed by atoms with E-state index < -0.39 is 0 Å². The van der Waals surface area contributed by atoms with Crippen LogP contribution in [-0.4, -0.2) is 40.1 Å². The van der Waals surface area contributed by atoms with Crippen LogP contribution in [0.3, 0.4) is 0 Å². The van der Waals surface area contributed by atoms with Gasteiger partial charge in [-0.15, -0.1) is 0 Å². The number of carbonyl (C=O) groups is 1. The van der Waals surface area contributed by atoms with Crippen LogP contribution >= 0.6 is 0 Å². The van der Waals surface area contributed by atoms with E-state index in [1.54, 1.807) is 0 Å². The number of rotatable bonds is 5. The molecule has 1 aromatic carbocycles. The Morgan fingerprint density at radius 1 is 1.29 bits per heavy atom. The predicted molar refractivity (Wildman–Crippen MR) is 94.8 cm³/mol. The first-order valence-electron chi connectivity index (χ1n) is 8.60. The van der Waals surface area contributed by atoms with E-state index in [1.807, 2.05) is 35.5 Å². The summed E-state index contributed by atoms with van der Waals surface area (Å²) in [6.07, 6.45) is 5.63. The molecule has 3 rings (SSSR count). The minimum absolute atomic E-state index is 0.0433. The van der Waals surface area contributed by atoms with Crippen LogP contribution in [-0.2, 0) is 13.0 Å². The predicted octanol–water partition coefficient (Wildman–Crippen LogP) is 2.92. The molecule has 24 heavy (non-hydrogen) atoms. The molecule has 1 aliphatic heterocycles. The maximum absolute atomic E-state index is 12.2. The molecular formula is C19H26N4O. The average molecular weight is 326 g/mol. The van der Waals surface area contributed by atoms with Crippen molar-refractivity contribution in [1.29, 1.82) is 0 Å². The molecule has 0 radical (unpaired) electrons. The number of nitrogens with one attached hydrogen (secondary N) is 1. The van der Waals surface area contributed by atoms with Crippen LogP contribution in [0, 0.1) is 5.41 Å². The fourth-order valence-corrected chi connectivity index (χ4v) is 3.17. The number of nitrogens with zero attached hydrogens (tertiary/aromatic N) is 3. The second-order valence-corrected chi connectivity index (χ2v) is 7.27. The van der Waals surface area contributed by atoms with Crippen molar-refractivity contribution >= 4 is 6.03 Å². The molecule has 0 spiro atoms. The molecule has 2 aromatic rings. The van der Waals surface area contributed by atoms with E-state index in [9.17, 15) is 4.79 Å². The Hall–Kier alpha value is -2.30. The number of carbonyl (C=O) groups excluding carboxylic acids is 1. The molecule has 1 aromatic heterocycles. The molecule has 0 aliphatic carbocycles. The molecule has 1 fully saturated rings. The smallest absolute Gasteiger partial charge is 0.317 e. The molecule has 0 bridgehead atoms. The molecule has 0 unspecified atom stereocenters. The highest BCUT2D eigenvalue weighted by molar-refractivity contribution is 5.74. The van der Waals surface area contributed by atoms with Crippen molar-refractivity contribution in [3.8, 4) is 0 Å². The summed E-state index contributed by atoms with van der Waals surface area (Å²) < 4.78 is 2.14. The van der Waals surface area contributed by atoms with Gasteiger partial charge in [0.2, 0.25) is 0 Å². The first-order valence-corrected chi connectivity index (χ1v) is 8.60. The molecule has 2 heterocycles. The number of hydrogen-bond acceptors (Lipinski definition) is 2. The Morgan fingerprint density at radius 3 is 2.79 bits per heavy atom. The lowest BCUT2D eigenvalue weighted by molar-refractivity contribution is 0.203. The standard InChI is InChI=1S/C19H26N4O/c1-19(2)9-12-23(15-19)18(24)21-10-8-17-20-11-13-22(17)14-16-6-4-3-5-7-16/h3-7,11,13H,8-10,12,14-15H2,1-2H3,(H,21,24). The molecule has 1 aliphatic rings. The number of amides is 2. The van der Waals surface area contributed by atoms with Crippen molar-refractivity contribution in [2.45, 2.75) is 33.2 Å². The van der Waals surface area contributed by atoms with Gasteiger partial charge in [-0.25, -0.2) is 9.78 Å². The Balaban J connectivity index is 1.49. The second-order valence-electron chi connectivity index (χ2n) is 7.27. The normalized spacial score (nSPS) is 16.3. The van der Waals surface area contributed by atoms with Crippen LogP contribution in [0.4, 0.5) is 4.79 Å². The highest BCUT2D eigenvalue weighted by atomic mass is 16.2. The molecule has 1 N–H and O–H groups in total. The van der Waals surface area contributed by atoms with Crippen molar-refractivity contribution in [1.82, 2.24) is 19.8 Å². The van der Waals surface area contributed by atoms with E-state index >= 15 is 0 Å². The number of benzene rings is 1. The largest absolute Gasteiger partial charge is 0.338 e. The number of aromatic nitrogens is 2. The number of imidazole rings is 1. The van der Waals surface area contributed by atoms with Gasteiger partial charge in [-0.05, 0) is 17.4 Å². The third kappa shape index (κ3) is 4.16. The van der Waals surface area contributed by atoms with Crippen molar-refractivity contribution in [2.24, 2.45) is 5.41 Å². The molecule has 5 nitrogen and oxygen atoms in total. The molecule has 5 heteroatoms. The number of hydrogen-bond donors (Lipinski definition) is 1. The summed E-state index contributed by atoms with van der Waals surface area (Å²) in [7, 11) is 0. The van der Waals surface area contributed by atoms with Gasteiger partial charge < -0.3 is 14.8 Å². The summed E-state index contributed by atoms with van der Waals surface area (Å²) in [5.74, 6) is 1.00. The van der Waals surface area contributed by atoms with Crippen molar-refractivity contribution < 1.29 is 4.79 Å². The van der Waals surface area contributed by atoms with Crippen molar-refractivity contribution in [3.63, 3.8) is 0 Å². The van der Waals surface area contributed by atoms with Gasteiger partial charge in [-0.1, -0.05) is 44.2 Å². The van der Waals surface area contributed by atoms with E-state index in [0.717, 1.165) is 38.3 Å². The summed E-state index contributed by atoms with van der Waals surface area (Å²) >= 11 is 0. The van der Waals surface area contributed by atoms with E-state index in [2.05, 4.69) is 40.8 Å². The van der Waals surface area contributed by atoms with Crippen LogP contribution in [0.25, 0.3) is 0 Å². The van der Waals surface area contributed by atoms with Crippen molar-refractivity contribution in [2.75, 3.05) is 19.6 Å². The Labute approximate surface area is 143 Å². The first kappa shape index (κ1) is 16.6. The number of likely N-dealkylation sites (tertiary alicyclic amines) is 1. The summed E-state index contributed by atoms with van der Waals surface area (Å²) in [5, 5.41) is 3.03. The summed E-state index contributed by atoms with van der Waals surface area (Å²) in [6.45, 7) is 7.52. The fourth-order valence-electron chi connectivity index (χ4n) is 3.17. The highest BCUT2D eigenvalue weighted by Crippen LogP contribution is 2.28. The van der Waals surface area contributed by atoms with Crippen LogP contribution in [0.1, 0.15) is 31.7 Å². The summed E-state index contributed by atoms with van der Waals surface area (Å²) in [4.78, 5) is 18.6. The van der Waals surface area contributed by atoms with Crippen LogP contribution < -0.4 is 5.32 Å². The Kier molecular flexibility index (Phi) is 4.88. The lowest BCUT2D eigenvalue weighted by Crippen LogP contribution is -2.40. The second kappa shape index (κ2) is 7.07. The summed E-state index contributed by atoms with van der Waals surface area (Å²) in [5.41, 5.74) is 1.49. The molecule has 0 saturated carbocycles. The average Bonchev–Trinajstić information content (AvgIpc) is 3.14. The Morgan fingerprint density at radius 2 is 2.08 bits per heavy atom. The molecule has 128 valence electrons. The molecular weight excluding hydrogens is 300 g/mol. The van der Waals surface area contributed by atoms with Crippen LogP contribution in [0.2, 0.25) is 0 Å². The SMILES string of the molecule is CC1(C)CCN(C(=O)NCCc2nccn2Cc2ccccc2)C1. The number of urea groups is 1. The van der Waals surface area contributed by atoms with Gasteiger partial charge in [-0.3, -0.25) is 0 Å². The van der Waals surface area contributed by atoms with E-state index in [0.29, 0.717) is 6.54 Å². The van der Waals surface area contributed by atoms with E-state index in [4.69, 9.17) is 0 Å². The van der Waals surface area contributed by atoms with Gasteiger partial charge in [-0.2, -0.15) is 0 Å². The summed E-state index contributed by atoms with van der Waals surface area (Å²) in [6, 6.07) is 10.4. The maximum atomic E-state index is 12.2. The first-order chi connectivity index (χ1) is 11.5. The van der Waals surface area contributed by atoms with E-state index in [1.165, 1.54) is 5.56 Å². The van der Waals surface area contributed by atoms with Gasteiger partial charge in [0.1, 0.15) is 5.82 Å². The lowest BCUT2D eigenvalue weighted by Gasteiger charge is -2.20.